The van der Waals surface area contributed by atoms with Crippen LogP contribution in [0.2, 0.25) is 0 Å². The quantitative estimate of drug-likeness (QED) is 0.601. The highest BCUT2D eigenvalue weighted by Crippen LogP contribution is 2.25. The number of imidazole rings is 1. The molecule has 2 aromatic heterocycles. The zero-order chi connectivity index (χ0) is 15.8. The minimum Gasteiger partial charge on any atom is -0.591 e. The number of pyridine rings is 1. The lowest BCUT2D eigenvalue weighted by Crippen LogP contribution is -2.25. The third-order valence-corrected chi connectivity index (χ3v) is 4.53. The van der Waals surface area contributed by atoms with Crippen molar-refractivity contribution in [2.45, 2.75) is 31.9 Å². The first-order chi connectivity index (χ1) is 9.68. The zero-order valence-electron chi connectivity index (χ0n) is 11.7. The van der Waals surface area contributed by atoms with Crippen molar-refractivity contribution in [2.75, 3.05) is 0 Å². The first kappa shape index (κ1) is 16.4. The molecule has 0 amide bonds. The standard InChI is InChI=1S/C13H14BrF2N3OS/c1-13(2,3)21(20)17-5-9-7-19-6-8(11(15)16)4-10(14)12(19)18-9/h4-7,11H,1-3H3. The molecule has 0 N–H and O–H groups in total. The van der Waals surface area contributed by atoms with E-state index in [1.165, 1.54) is 22.9 Å². The van der Waals surface area contributed by atoms with Crippen LogP contribution in [0.1, 0.15) is 38.5 Å². The van der Waals surface area contributed by atoms with E-state index in [-0.39, 0.29) is 5.56 Å². The van der Waals surface area contributed by atoms with Crippen LogP contribution in [0.25, 0.3) is 5.65 Å². The SMILES string of the molecule is CC(C)(C)[S+]([O-])N=Cc1cn2cc(C(F)F)cc(Br)c2n1. The van der Waals surface area contributed by atoms with Crippen LogP contribution >= 0.6 is 15.9 Å². The summed E-state index contributed by atoms with van der Waals surface area (Å²) >= 11 is 1.83. The fourth-order valence-electron chi connectivity index (χ4n) is 1.54. The van der Waals surface area contributed by atoms with Gasteiger partial charge < -0.3 is 8.95 Å². The number of aromatic nitrogens is 2. The highest BCUT2D eigenvalue weighted by atomic mass is 79.9. The van der Waals surface area contributed by atoms with Crippen LogP contribution in [0.4, 0.5) is 8.78 Å². The molecule has 0 spiro atoms. The van der Waals surface area contributed by atoms with Gasteiger partial charge >= 0.3 is 0 Å². The maximum Gasteiger partial charge on any atom is 0.265 e. The zero-order valence-corrected chi connectivity index (χ0v) is 14.1. The third kappa shape index (κ3) is 3.81. The number of rotatable bonds is 3. The summed E-state index contributed by atoms with van der Waals surface area (Å²) in [5.74, 6) is 0. The van der Waals surface area contributed by atoms with E-state index in [2.05, 4.69) is 25.3 Å². The molecule has 0 bridgehead atoms. The van der Waals surface area contributed by atoms with E-state index in [0.717, 1.165) is 0 Å². The molecule has 1 atom stereocenters. The lowest BCUT2D eigenvalue weighted by Gasteiger charge is -2.17. The van der Waals surface area contributed by atoms with Crippen molar-refractivity contribution in [2.24, 2.45) is 4.40 Å². The summed E-state index contributed by atoms with van der Waals surface area (Å²) in [5, 5.41) is 0. The fraction of sp³-hybridized carbons (Fsp3) is 0.385. The lowest BCUT2D eigenvalue weighted by atomic mass is 10.3. The Labute approximate surface area is 132 Å². The van der Waals surface area contributed by atoms with Crippen molar-refractivity contribution < 1.29 is 13.3 Å². The molecule has 2 heterocycles. The molecule has 0 saturated heterocycles. The highest BCUT2D eigenvalue weighted by Gasteiger charge is 2.26. The van der Waals surface area contributed by atoms with Crippen LogP contribution in [0.3, 0.4) is 0 Å². The van der Waals surface area contributed by atoms with E-state index in [4.69, 9.17) is 0 Å². The van der Waals surface area contributed by atoms with E-state index in [9.17, 15) is 13.3 Å². The van der Waals surface area contributed by atoms with Gasteiger partial charge in [-0.2, -0.15) is 0 Å². The summed E-state index contributed by atoms with van der Waals surface area (Å²) in [5.41, 5.74) is 0.857. The topological polar surface area (TPSA) is 52.7 Å². The van der Waals surface area contributed by atoms with Gasteiger partial charge in [0.25, 0.3) is 6.43 Å². The summed E-state index contributed by atoms with van der Waals surface area (Å²) in [6, 6.07) is 1.33. The molecule has 8 heteroatoms. The largest absolute Gasteiger partial charge is 0.591 e. The average Bonchev–Trinajstić information content (AvgIpc) is 2.78. The van der Waals surface area contributed by atoms with Gasteiger partial charge in [0, 0.05) is 18.0 Å². The van der Waals surface area contributed by atoms with Gasteiger partial charge in [-0.3, -0.25) is 0 Å². The maximum absolute atomic E-state index is 12.7. The predicted octanol–water partition coefficient (Wildman–Crippen LogP) is 3.92. The van der Waals surface area contributed by atoms with E-state index in [0.29, 0.717) is 15.8 Å². The normalized spacial score (nSPS) is 14.5. The average molecular weight is 378 g/mol. The van der Waals surface area contributed by atoms with E-state index in [1.54, 1.807) is 6.20 Å². The number of halogens is 3. The summed E-state index contributed by atoms with van der Waals surface area (Å²) in [6.07, 6.45) is 1.71. The van der Waals surface area contributed by atoms with Crippen LogP contribution in [0.15, 0.2) is 27.3 Å². The number of nitrogens with zero attached hydrogens (tertiary/aromatic N) is 3. The van der Waals surface area contributed by atoms with Gasteiger partial charge in [0.05, 0.1) is 4.47 Å². The fourth-order valence-corrected chi connectivity index (χ4v) is 2.62. The van der Waals surface area contributed by atoms with E-state index in [1.807, 2.05) is 20.8 Å². The molecule has 114 valence electrons. The lowest BCUT2D eigenvalue weighted by molar-refractivity contribution is 0.151. The first-order valence-electron chi connectivity index (χ1n) is 6.11. The van der Waals surface area contributed by atoms with Gasteiger partial charge in [0.1, 0.15) is 28.0 Å². The van der Waals surface area contributed by atoms with Crippen molar-refractivity contribution in [3.05, 3.63) is 34.2 Å². The summed E-state index contributed by atoms with van der Waals surface area (Å²) in [7, 11) is 0. The molecule has 4 nitrogen and oxygen atoms in total. The van der Waals surface area contributed by atoms with Crippen molar-refractivity contribution in [3.8, 4) is 0 Å². The monoisotopic (exact) mass is 377 g/mol. The second kappa shape index (κ2) is 6.02. The Kier molecular flexibility index (Phi) is 4.69. The molecule has 0 aliphatic carbocycles. The number of hydrogen-bond acceptors (Lipinski definition) is 3. The summed E-state index contributed by atoms with van der Waals surface area (Å²) in [4.78, 5) is 4.25. The van der Waals surface area contributed by atoms with Crippen molar-refractivity contribution in [3.63, 3.8) is 0 Å². The minimum absolute atomic E-state index is 0.103. The Bertz CT molecular complexity index is 682. The molecule has 0 saturated carbocycles. The molecule has 21 heavy (non-hydrogen) atoms. The van der Waals surface area contributed by atoms with Crippen LogP contribution < -0.4 is 0 Å². The van der Waals surface area contributed by atoms with Gasteiger partial charge in [0.15, 0.2) is 5.65 Å². The van der Waals surface area contributed by atoms with Crippen molar-refractivity contribution in [1.29, 1.82) is 0 Å². The Morgan fingerprint density at radius 1 is 1.43 bits per heavy atom. The van der Waals surface area contributed by atoms with E-state index < -0.39 is 22.5 Å². The molecular formula is C13H14BrF2N3OS. The Morgan fingerprint density at radius 2 is 2.10 bits per heavy atom. The highest BCUT2D eigenvalue weighted by molar-refractivity contribution is 9.10. The van der Waals surface area contributed by atoms with Crippen LogP contribution in [0.5, 0.6) is 0 Å². The van der Waals surface area contributed by atoms with Crippen molar-refractivity contribution in [1.82, 2.24) is 9.38 Å². The number of alkyl halides is 2. The number of hydrogen-bond donors (Lipinski definition) is 0. The second-order valence-electron chi connectivity index (χ2n) is 5.41. The molecule has 2 rings (SSSR count). The smallest absolute Gasteiger partial charge is 0.265 e. The number of fused-ring (bicyclic) bond motifs is 1. The van der Waals surface area contributed by atoms with Gasteiger partial charge in [-0.1, -0.05) is 4.40 Å². The molecule has 0 radical (unpaired) electrons. The summed E-state index contributed by atoms with van der Waals surface area (Å²) < 4.78 is 42.8. The van der Waals surface area contributed by atoms with Gasteiger partial charge in [-0.25, -0.2) is 13.8 Å². The van der Waals surface area contributed by atoms with Gasteiger partial charge in [0.2, 0.25) is 0 Å². The molecule has 0 aliphatic rings. The van der Waals surface area contributed by atoms with Crippen LogP contribution in [-0.4, -0.2) is 24.9 Å². The molecule has 0 fully saturated rings. The Hall–Kier alpha value is -0.990. The van der Waals surface area contributed by atoms with Crippen LogP contribution in [0, 0.1) is 0 Å². The third-order valence-electron chi connectivity index (χ3n) is 2.60. The molecular weight excluding hydrogens is 364 g/mol. The first-order valence-corrected chi connectivity index (χ1v) is 8.01. The molecule has 0 aliphatic heterocycles. The molecule has 2 aromatic rings. The minimum atomic E-state index is -2.56. The van der Waals surface area contributed by atoms with E-state index >= 15 is 0 Å². The van der Waals surface area contributed by atoms with Crippen molar-refractivity contribution >= 4 is 39.2 Å². The molecule has 0 aromatic carbocycles. The van der Waals surface area contributed by atoms with Gasteiger partial charge in [-0.05, 0) is 42.8 Å². The maximum atomic E-state index is 12.7. The van der Waals surface area contributed by atoms with Gasteiger partial charge in [-0.15, -0.1) is 0 Å². The Morgan fingerprint density at radius 3 is 2.67 bits per heavy atom. The van der Waals surface area contributed by atoms with Crippen LogP contribution in [-0.2, 0) is 11.4 Å². The molecule has 1 unspecified atom stereocenters. The summed E-state index contributed by atoms with van der Waals surface area (Å²) in [6.45, 7) is 5.45. The second-order valence-corrected chi connectivity index (χ2v) is 8.20. The Balaban J connectivity index is 2.35. The predicted molar refractivity (Wildman–Crippen MR) is 83.3 cm³/mol.